The van der Waals surface area contributed by atoms with Crippen LogP contribution in [-0.2, 0) is 22.9 Å². The number of ether oxygens (including phenoxy) is 1. The van der Waals surface area contributed by atoms with Gasteiger partial charge >= 0.3 is 7.82 Å². The molecular formula is C20H23BrFN4O7P. The van der Waals surface area contributed by atoms with E-state index in [1.807, 2.05) is 0 Å². The molecule has 3 heterocycles. The Labute approximate surface area is 202 Å². The van der Waals surface area contributed by atoms with Crippen molar-refractivity contribution in [2.75, 3.05) is 18.9 Å². The van der Waals surface area contributed by atoms with Gasteiger partial charge in [-0.2, -0.15) is 0 Å². The fourth-order valence-electron chi connectivity index (χ4n) is 3.45. The fraction of sp³-hybridized carbons (Fsp3) is 0.400. The molecule has 34 heavy (non-hydrogen) atoms. The van der Waals surface area contributed by atoms with Gasteiger partial charge in [0.1, 0.15) is 35.9 Å². The zero-order valence-corrected chi connectivity index (χ0v) is 20.4. The van der Waals surface area contributed by atoms with E-state index in [0.717, 1.165) is 0 Å². The molecule has 3 aromatic rings. The molecule has 0 saturated carbocycles. The molecule has 0 amide bonds. The topological polar surface area (TPSA) is 151 Å². The Morgan fingerprint density at radius 1 is 1.41 bits per heavy atom. The summed E-state index contributed by atoms with van der Waals surface area (Å²) in [5.74, 6) is -0.167. The Balaban J connectivity index is 1.52. The quantitative estimate of drug-likeness (QED) is 0.276. The van der Waals surface area contributed by atoms with Crippen LogP contribution in [0.3, 0.4) is 0 Å². The number of aliphatic hydroxyl groups excluding tert-OH is 2. The van der Waals surface area contributed by atoms with Crippen LogP contribution in [-0.4, -0.2) is 50.4 Å². The Morgan fingerprint density at radius 3 is 2.94 bits per heavy atom. The number of hydrogen-bond acceptors (Lipinski definition) is 10. The Hall–Kier alpha value is -1.96. The van der Waals surface area contributed by atoms with E-state index in [1.54, 1.807) is 23.8 Å². The minimum Gasteiger partial charge on any atom is -0.393 e. The van der Waals surface area contributed by atoms with E-state index in [9.17, 15) is 19.2 Å². The molecule has 14 heteroatoms. The second kappa shape index (κ2) is 10.3. The van der Waals surface area contributed by atoms with Crippen molar-refractivity contribution in [1.82, 2.24) is 14.5 Å². The van der Waals surface area contributed by atoms with Gasteiger partial charge in [-0.3, -0.25) is 13.6 Å². The Morgan fingerprint density at radius 2 is 2.21 bits per heavy atom. The lowest BCUT2D eigenvalue weighted by molar-refractivity contribution is -0.205. The number of nitrogens with zero attached hydrogens (tertiary/aromatic N) is 3. The zero-order chi connectivity index (χ0) is 24.5. The van der Waals surface area contributed by atoms with E-state index < -0.39 is 45.0 Å². The largest absolute Gasteiger partial charge is 0.477 e. The van der Waals surface area contributed by atoms with E-state index in [2.05, 4.69) is 25.9 Å². The molecule has 2 unspecified atom stereocenters. The predicted molar refractivity (Wildman–Crippen MR) is 122 cm³/mol. The summed E-state index contributed by atoms with van der Waals surface area (Å²) in [6.45, 7) is 0.912. The highest BCUT2D eigenvalue weighted by Crippen LogP contribution is 2.58. The lowest BCUT2D eigenvalue weighted by atomic mass is 10.1. The molecule has 1 aromatic carbocycles. The van der Waals surface area contributed by atoms with Crippen molar-refractivity contribution in [3.05, 3.63) is 52.6 Å². The molecule has 4 N–H and O–H groups in total. The molecule has 0 spiro atoms. The summed E-state index contributed by atoms with van der Waals surface area (Å²) in [4.78, 5) is 8.12. The monoisotopic (exact) mass is 560 g/mol. The first kappa shape index (κ1) is 25.1. The number of aromatic nitrogens is 3. The van der Waals surface area contributed by atoms with Crippen molar-refractivity contribution in [3.8, 4) is 0 Å². The highest BCUT2D eigenvalue weighted by molar-refractivity contribution is 9.10. The molecule has 1 saturated heterocycles. The number of phosphoric ester groups is 1. The summed E-state index contributed by atoms with van der Waals surface area (Å²) >= 11 is 3.12. The van der Waals surface area contributed by atoms with Crippen LogP contribution >= 0.6 is 23.8 Å². The average Bonchev–Trinajstić information content (AvgIpc) is 3.25. The van der Waals surface area contributed by atoms with Gasteiger partial charge in [-0.15, -0.1) is 0 Å². The van der Waals surface area contributed by atoms with Gasteiger partial charge < -0.3 is 25.3 Å². The van der Waals surface area contributed by atoms with E-state index >= 15 is 0 Å². The molecule has 0 radical (unpaired) electrons. The van der Waals surface area contributed by atoms with Crippen LogP contribution in [0, 0.1) is 5.82 Å². The minimum atomic E-state index is -4.23. The number of aliphatic hydroxyl groups is 2. The molecule has 0 bridgehead atoms. The highest BCUT2D eigenvalue weighted by Gasteiger charge is 2.41. The number of hydrogen-bond donors (Lipinski definition) is 3. The third-order valence-electron chi connectivity index (χ3n) is 5.20. The number of phosphoric acid groups is 1. The maximum Gasteiger partial charge on any atom is 0.477 e. The van der Waals surface area contributed by atoms with E-state index in [-0.39, 0.29) is 16.9 Å². The maximum absolute atomic E-state index is 13.6. The molecule has 0 aliphatic carbocycles. The lowest BCUT2D eigenvalue weighted by Gasteiger charge is -2.33. The number of benzene rings is 1. The third-order valence-corrected chi connectivity index (χ3v) is 7.28. The Kier molecular flexibility index (Phi) is 7.65. The highest BCUT2D eigenvalue weighted by atomic mass is 79.9. The summed E-state index contributed by atoms with van der Waals surface area (Å²) in [6, 6.07) is 5.97. The smallest absolute Gasteiger partial charge is 0.393 e. The minimum absolute atomic E-state index is 0.0207. The van der Waals surface area contributed by atoms with Crippen LogP contribution in [0.4, 0.5) is 10.2 Å². The van der Waals surface area contributed by atoms with Crippen molar-refractivity contribution in [1.29, 1.82) is 0 Å². The summed E-state index contributed by atoms with van der Waals surface area (Å²) in [5.41, 5.74) is 6.89. The van der Waals surface area contributed by atoms with E-state index in [0.29, 0.717) is 23.0 Å². The van der Waals surface area contributed by atoms with Gasteiger partial charge in [0.2, 0.25) is 0 Å². The van der Waals surface area contributed by atoms with Crippen molar-refractivity contribution in [2.45, 2.75) is 38.1 Å². The van der Waals surface area contributed by atoms with Crippen LogP contribution in [0.1, 0.15) is 31.2 Å². The number of anilines is 1. The Bertz CT molecular complexity index is 1210. The molecule has 1 fully saturated rings. The van der Waals surface area contributed by atoms with Gasteiger partial charge in [-0.05, 0) is 46.6 Å². The molecule has 4 rings (SSSR count). The first-order chi connectivity index (χ1) is 16.2. The number of rotatable bonds is 8. The average molecular weight is 561 g/mol. The standard InChI is InChI=1S/C20H23BrFN4O7P/c1-11(26-6-4-13-18(23)24-10-25-19(13)26)31-20(16(28)9-27)33-34(29)30-7-5-17(32-34)12-2-3-15(22)14(21)8-12/h2-4,6,8,10-11,16-17,20,27-28H,5,7,9H2,1H3,(H2,23,24,25)/t11-,16+,17-,20?,34?/m1/s1. The van der Waals surface area contributed by atoms with Crippen LogP contribution < -0.4 is 5.73 Å². The van der Waals surface area contributed by atoms with E-state index in [1.165, 1.54) is 24.5 Å². The number of halogens is 2. The van der Waals surface area contributed by atoms with Gasteiger partial charge in [0, 0.05) is 12.6 Å². The zero-order valence-electron chi connectivity index (χ0n) is 18.0. The number of fused-ring (bicyclic) bond motifs is 1. The van der Waals surface area contributed by atoms with Crippen LogP contribution in [0.5, 0.6) is 0 Å². The van der Waals surface area contributed by atoms with Crippen molar-refractivity contribution >= 4 is 40.6 Å². The summed E-state index contributed by atoms with van der Waals surface area (Å²) in [6.07, 6.45) is -1.36. The second-order valence-electron chi connectivity index (χ2n) is 7.52. The van der Waals surface area contributed by atoms with E-state index in [4.69, 9.17) is 24.0 Å². The fourth-order valence-corrected chi connectivity index (χ4v) is 5.33. The van der Waals surface area contributed by atoms with Crippen LogP contribution in [0.2, 0.25) is 0 Å². The molecule has 5 atom stereocenters. The molecule has 2 aromatic heterocycles. The van der Waals surface area contributed by atoms with Gasteiger partial charge in [-0.25, -0.2) is 18.9 Å². The van der Waals surface area contributed by atoms with Crippen molar-refractivity contribution in [2.24, 2.45) is 0 Å². The number of nitrogens with two attached hydrogens (primary N) is 1. The first-order valence-electron chi connectivity index (χ1n) is 10.3. The molecular weight excluding hydrogens is 538 g/mol. The van der Waals surface area contributed by atoms with Gasteiger partial charge in [0.25, 0.3) is 0 Å². The normalized spacial score (nSPS) is 23.6. The summed E-state index contributed by atoms with van der Waals surface area (Å²) < 4.78 is 50.8. The molecule has 184 valence electrons. The van der Waals surface area contributed by atoms with Gasteiger partial charge in [0.15, 0.2) is 6.29 Å². The van der Waals surface area contributed by atoms with Gasteiger partial charge in [0.05, 0.1) is 29.2 Å². The first-order valence-corrected chi connectivity index (χ1v) is 12.5. The van der Waals surface area contributed by atoms with Crippen LogP contribution in [0.15, 0.2) is 41.3 Å². The molecule has 11 nitrogen and oxygen atoms in total. The third kappa shape index (κ3) is 5.31. The van der Waals surface area contributed by atoms with Crippen molar-refractivity contribution < 1.29 is 37.5 Å². The predicted octanol–water partition coefficient (Wildman–Crippen LogP) is 3.43. The second-order valence-corrected chi connectivity index (χ2v) is 9.94. The molecule has 1 aliphatic rings. The number of nitrogen functional groups attached to an aromatic ring is 1. The van der Waals surface area contributed by atoms with Gasteiger partial charge in [-0.1, -0.05) is 6.07 Å². The SMILES string of the molecule is C[C@@H](OC(OP1(=O)OCC[C@H](c2ccc(F)c(Br)c2)O1)[C@@H](O)CO)n1ccc2c(N)ncnc21. The van der Waals surface area contributed by atoms with Crippen LogP contribution in [0.25, 0.3) is 11.0 Å². The molecule has 1 aliphatic heterocycles. The summed E-state index contributed by atoms with van der Waals surface area (Å²) in [7, 11) is -4.23. The lowest BCUT2D eigenvalue weighted by Crippen LogP contribution is -2.36. The summed E-state index contributed by atoms with van der Waals surface area (Å²) in [5, 5.41) is 20.4. The maximum atomic E-state index is 13.6. The van der Waals surface area contributed by atoms with Crippen molar-refractivity contribution in [3.63, 3.8) is 0 Å².